The first-order valence-electron chi connectivity index (χ1n) is 12.8. The normalized spacial score (nSPS) is 49.2. The van der Waals surface area contributed by atoms with Crippen LogP contribution < -0.4 is 0 Å². The van der Waals surface area contributed by atoms with Crippen molar-refractivity contribution in [1.29, 1.82) is 0 Å². The van der Waals surface area contributed by atoms with Gasteiger partial charge in [-0.3, -0.25) is 9.59 Å². The fourth-order valence-corrected chi connectivity index (χ4v) is 8.83. The van der Waals surface area contributed by atoms with E-state index in [9.17, 15) is 14.7 Å². The summed E-state index contributed by atoms with van der Waals surface area (Å²) in [6, 6.07) is 0. The van der Waals surface area contributed by atoms with Crippen molar-refractivity contribution in [2.45, 2.75) is 97.9 Å². The molecule has 9 atom stereocenters. The van der Waals surface area contributed by atoms with Gasteiger partial charge < -0.3 is 9.84 Å². The number of carbonyl (C=O) groups excluding carboxylic acids is 2. The van der Waals surface area contributed by atoms with Crippen LogP contribution in [-0.2, 0) is 14.3 Å². The summed E-state index contributed by atoms with van der Waals surface area (Å²) in [5.41, 5.74) is 1.05. The fraction of sp³-hybridized carbons (Fsp3) is 0.852. The Morgan fingerprint density at radius 2 is 1.94 bits per heavy atom. The number of allylic oxidation sites excluding steroid dienone is 1. The maximum atomic E-state index is 13.5. The van der Waals surface area contributed by atoms with Crippen LogP contribution in [-0.4, -0.2) is 29.1 Å². The summed E-state index contributed by atoms with van der Waals surface area (Å²) < 4.78 is 6.34. The lowest BCUT2D eigenvalue weighted by Crippen LogP contribution is -2.61. The summed E-state index contributed by atoms with van der Waals surface area (Å²) in [6.07, 6.45) is 9.24. The Morgan fingerprint density at radius 3 is 2.68 bits per heavy atom. The molecular formula is C27H40O4. The summed E-state index contributed by atoms with van der Waals surface area (Å²) >= 11 is 0. The van der Waals surface area contributed by atoms with Crippen LogP contribution in [0.3, 0.4) is 0 Å². The van der Waals surface area contributed by atoms with Crippen LogP contribution in [0, 0.1) is 46.3 Å². The number of fused-ring (bicyclic) bond motifs is 4. The lowest BCUT2D eigenvalue weighted by atomic mass is 9.45. The molecule has 1 saturated heterocycles. The topological polar surface area (TPSA) is 63.6 Å². The van der Waals surface area contributed by atoms with Crippen molar-refractivity contribution in [3.63, 3.8) is 0 Å². The molecule has 0 aromatic rings. The Kier molecular flexibility index (Phi) is 5.29. The van der Waals surface area contributed by atoms with Gasteiger partial charge >= 0.3 is 0 Å². The van der Waals surface area contributed by atoms with Crippen molar-refractivity contribution in [3.8, 4) is 0 Å². The lowest BCUT2D eigenvalue weighted by Gasteiger charge is -2.61. The van der Waals surface area contributed by atoms with Gasteiger partial charge in [0.05, 0.1) is 6.10 Å². The van der Waals surface area contributed by atoms with Crippen molar-refractivity contribution >= 4 is 11.6 Å². The third-order valence-electron chi connectivity index (χ3n) is 10.4. The predicted octanol–water partition coefficient (Wildman–Crippen LogP) is 5.08. The van der Waals surface area contributed by atoms with E-state index in [2.05, 4.69) is 27.7 Å². The van der Waals surface area contributed by atoms with Crippen molar-refractivity contribution < 1.29 is 19.4 Å². The van der Waals surface area contributed by atoms with Gasteiger partial charge in [0.2, 0.25) is 0 Å². The zero-order chi connectivity index (χ0) is 22.1. The third kappa shape index (κ3) is 3.07. The monoisotopic (exact) mass is 428 g/mol. The highest BCUT2D eigenvalue weighted by atomic mass is 16.6. The van der Waals surface area contributed by atoms with E-state index in [0.29, 0.717) is 36.4 Å². The Balaban J connectivity index is 1.45. The van der Waals surface area contributed by atoms with Crippen LogP contribution >= 0.6 is 0 Å². The molecule has 0 radical (unpaired) electrons. The maximum absolute atomic E-state index is 13.5. The number of aliphatic hydroxyl groups excluding tert-OH is 1. The van der Waals surface area contributed by atoms with Crippen LogP contribution in [0.15, 0.2) is 11.6 Å². The van der Waals surface area contributed by atoms with Gasteiger partial charge in [-0.25, -0.2) is 0 Å². The molecule has 0 unspecified atom stereocenters. The number of rotatable bonds is 3. The number of hydrogen-bond donors (Lipinski definition) is 1. The van der Waals surface area contributed by atoms with E-state index in [0.717, 1.165) is 44.9 Å². The number of Topliss-reactive ketones (excluding diaryl/α,β-unsaturated/α-hetero) is 1. The van der Waals surface area contributed by atoms with Crippen molar-refractivity contribution in [3.05, 3.63) is 11.6 Å². The molecule has 172 valence electrons. The lowest BCUT2D eigenvalue weighted by molar-refractivity contribution is -0.293. The average molecular weight is 429 g/mol. The largest absolute Gasteiger partial charge is 0.367 e. The van der Waals surface area contributed by atoms with Gasteiger partial charge in [-0.1, -0.05) is 33.3 Å². The summed E-state index contributed by atoms with van der Waals surface area (Å²) in [7, 11) is 0. The molecule has 4 heteroatoms. The Hall–Kier alpha value is -1.00. The first-order chi connectivity index (χ1) is 14.7. The zero-order valence-corrected chi connectivity index (χ0v) is 19.7. The van der Waals surface area contributed by atoms with Gasteiger partial charge in [-0.15, -0.1) is 0 Å². The smallest absolute Gasteiger partial charge is 0.161 e. The van der Waals surface area contributed by atoms with Crippen LogP contribution in [0.1, 0.15) is 85.5 Å². The van der Waals surface area contributed by atoms with Crippen LogP contribution in [0.25, 0.3) is 0 Å². The number of ether oxygens (including phenoxy) is 1. The van der Waals surface area contributed by atoms with Gasteiger partial charge in [0.25, 0.3) is 0 Å². The molecule has 1 spiro atoms. The van der Waals surface area contributed by atoms with Gasteiger partial charge in [-0.05, 0) is 86.0 Å². The van der Waals surface area contributed by atoms with Gasteiger partial charge in [0, 0.05) is 24.2 Å². The quantitative estimate of drug-likeness (QED) is 0.681. The van der Waals surface area contributed by atoms with E-state index in [1.54, 1.807) is 0 Å². The van der Waals surface area contributed by atoms with Gasteiger partial charge in [-0.2, -0.15) is 0 Å². The standard InChI is InChI=1S/C27H40O4/c1-15(2)5-8-23-16(3)24-22(29)14-21-19-7-6-17-13-18(28)9-11-26(17,4)20(19)10-12-27(21,24)25(30)31-23/h13,15-16,19-21,23-25,30H,5-12,14H2,1-4H3/t16-,19-,20+,21+,23-,24+,25-,26+,27-/m1/s1. The van der Waals surface area contributed by atoms with Crippen LogP contribution in [0.5, 0.6) is 0 Å². The zero-order valence-electron chi connectivity index (χ0n) is 19.7. The molecule has 4 fully saturated rings. The maximum Gasteiger partial charge on any atom is 0.161 e. The van der Waals surface area contributed by atoms with E-state index in [-0.39, 0.29) is 35.1 Å². The molecule has 1 heterocycles. The second-order valence-corrected chi connectivity index (χ2v) is 12.1. The first-order valence-corrected chi connectivity index (χ1v) is 12.8. The van der Waals surface area contributed by atoms with Crippen LogP contribution in [0.2, 0.25) is 0 Å². The molecule has 0 aromatic heterocycles. The highest BCUT2D eigenvalue weighted by Crippen LogP contribution is 2.69. The Morgan fingerprint density at radius 1 is 1.16 bits per heavy atom. The average Bonchev–Trinajstić information content (AvgIpc) is 3.04. The SMILES string of the molecule is CC(C)CC[C@H]1O[C@@H](O)[C@]23CC[C@H]4[C@@H](CCC5=CC(=O)CC[C@@]54C)[C@@H]2CC(=O)[C@@H]3[C@@H]1C. The molecule has 4 nitrogen and oxygen atoms in total. The van der Waals surface area contributed by atoms with Gasteiger partial charge in [0.15, 0.2) is 12.1 Å². The first kappa shape index (κ1) is 21.8. The van der Waals surface area contributed by atoms with Crippen molar-refractivity contribution in [1.82, 2.24) is 0 Å². The van der Waals surface area contributed by atoms with E-state index in [1.807, 2.05) is 6.08 Å². The number of carbonyl (C=O) groups is 2. The van der Waals surface area contributed by atoms with Crippen LogP contribution in [0.4, 0.5) is 0 Å². The molecule has 5 rings (SSSR count). The number of hydrogen-bond acceptors (Lipinski definition) is 4. The van der Waals surface area contributed by atoms with Gasteiger partial charge in [0.1, 0.15) is 5.78 Å². The molecule has 31 heavy (non-hydrogen) atoms. The fourth-order valence-electron chi connectivity index (χ4n) is 8.83. The summed E-state index contributed by atoms with van der Waals surface area (Å²) in [6.45, 7) is 9.00. The molecule has 3 saturated carbocycles. The molecular weight excluding hydrogens is 388 g/mol. The molecule has 4 aliphatic carbocycles. The van der Waals surface area contributed by atoms with E-state index in [1.165, 1.54) is 5.57 Å². The highest BCUT2D eigenvalue weighted by Gasteiger charge is 2.69. The van der Waals surface area contributed by atoms with E-state index >= 15 is 0 Å². The summed E-state index contributed by atoms with van der Waals surface area (Å²) in [4.78, 5) is 25.5. The minimum atomic E-state index is -0.819. The molecule has 0 amide bonds. The second-order valence-electron chi connectivity index (χ2n) is 12.1. The third-order valence-corrected chi connectivity index (χ3v) is 10.4. The molecule has 1 N–H and O–H groups in total. The Labute approximate surface area is 187 Å². The van der Waals surface area contributed by atoms with E-state index < -0.39 is 11.7 Å². The predicted molar refractivity (Wildman–Crippen MR) is 119 cm³/mol. The molecule has 5 aliphatic rings. The minimum Gasteiger partial charge on any atom is -0.367 e. The van der Waals surface area contributed by atoms with E-state index in [4.69, 9.17) is 4.74 Å². The number of ketones is 2. The Bertz CT molecular complexity index is 799. The summed E-state index contributed by atoms with van der Waals surface area (Å²) in [5.74, 6) is 2.57. The summed E-state index contributed by atoms with van der Waals surface area (Å²) in [5, 5.41) is 11.4. The van der Waals surface area contributed by atoms with Crippen molar-refractivity contribution in [2.24, 2.45) is 46.3 Å². The minimum absolute atomic E-state index is 0.0174. The second kappa shape index (κ2) is 7.52. The highest BCUT2D eigenvalue weighted by molar-refractivity contribution is 5.91. The van der Waals surface area contributed by atoms with Crippen molar-refractivity contribution in [2.75, 3.05) is 0 Å². The number of aliphatic hydroxyl groups is 1. The molecule has 0 bridgehead atoms. The molecule has 0 aromatic carbocycles. The molecule has 1 aliphatic heterocycles.